The average molecular weight is 642 g/mol. The second-order valence-electron chi connectivity index (χ2n) is 14.3. The van der Waals surface area contributed by atoms with Crippen LogP contribution in [0.25, 0.3) is 32.3 Å². The molecule has 1 N–H and O–H groups in total. The van der Waals surface area contributed by atoms with Gasteiger partial charge in [0.05, 0.1) is 30.9 Å². The number of hydrogen-bond donors (Lipinski definition) is 1. The Bertz CT molecular complexity index is 1670. The molecule has 2 atom stereocenters. The Morgan fingerprint density at radius 1 is 0.894 bits per heavy atom. The van der Waals surface area contributed by atoms with Gasteiger partial charge in [0.25, 0.3) is 0 Å². The van der Waals surface area contributed by atoms with Crippen molar-refractivity contribution in [3.63, 3.8) is 0 Å². The number of esters is 1. The van der Waals surface area contributed by atoms with E-state index >= 15 is 0 Å². The molecule has 4 aromatic carbocycles. The van der Waals surface area contributed by atoms with Gasteiger partial charge >= 0.3 is 12.1 Å². The van der Waals surface area contributed by atoms with Crippen molar-refractivity contribution in [3.05, 3.63) is 72.3 Å². The first-order valence-corrected chi connectivity index (χ1v) is 17.3. The number of benzene rings is 4. The fraction of sp³-hybridized carbons (Fsp3) is 0.500. The van der Waals surface area contributed by atoms with Gasteiger partial charge in [-0.3, -0.25) is 4.90 Å². The highest BCUT2D eigenvalue weighted by molar-refractivity contribution is 6.25. The maximum absolute atomic E-state index is 13.0. The molecule has 1 heterocycles. The zero-order valence-electron chi connectivity index (χ0n) is 28.7. The highest BCUT2D eigenvalue weighted by Gasteiger charge is 2.47. The van der Waals surface area contributed by atoms with Gasteiger partial charge in [0.2, 0.25) is 0 Å². The number of rotatable bonds is 14. The highest BCUT2D eigenvalue weighted by atomic mass is 16.6. The van der Waals surface area contributed by atoms with Crippen LogP contribution < -0.4 is 0 Å². The van der Waals surface area contributed by atoms with Crippen molar-refractivity contribution in [1.82, 2.24) is 4.90 Å². The summed E-state index contributed by atoms with van der Waals surface area (Å²) in [7, 11) is 0. The topological polar surface area (TPSA) is 85.3 Å². The number of unbranched alkanes of at least 4 members (excludes halogenated alkanes) is 8. The van der Waals surface area contributed by atoms with E-state index in [2.05, 4.69) is 36.4 Å². The summed E-state index contributed by atoms with van der Waals surface area (Å²) in [6.45, 7) is 9.83. The smallest absolute Gasteiger partial charge is 0.413 e. The van der Waals surface area contributed by atoms with Gasteiger partial charge in [0.15, 0.2) is 0 Å². The van der Waals surface area contributed by atoms with Crippen molar-refractivity contribution in [1.29, 1.82) is 0 Å². The molecule has 0 saturated carbocycles. The van der Waals surface area contributed by atoms with Gasteiger partial charge in [-0.2, -0.15) is 0 Å². The molecular formula is C40H51NO6. The lowest BCUT2D eigenvalue weighted by Crippen LogP contribution is -2.53. The van der Waals surface area contributed by atoms with Crippen LogP contribution in [-0.4, -0.2) is 58.8 Å². The zero-order valence-corrected chi connectivity index (χ0v) is 28.7. The van der Waals surface area contributed by atoms with E-state index in [1.165, 1.54) is 40.3 Å². The predicted octanol–water partition coefficient (Wildman–Crippen LogP) is 9.54. The number of allylic oxidation sites excluding steroid dienone is 1. The third-order valence-electron chi connectivity index (χ3n) is 9.08. The molecule has 4 aromatic rings. The molecule has 0 unspecified atom stereocenters. The third-order valence-corrected chi connectivity index (χ3v) is 9.08. The number of ether oxygens (including phenoxy) is 3. The van der Waals surface area contributed by atoms with E-state index in [0.29, 0.717) is 12.2 Å². The lowest BCUT2D eigenvalue weighted by atomic mass is 9.92. The largest absolute Gasteiger partial charge is 0.462 e. The molecule has 5 rings (SSSR count). The number of aliphatic hydroxyl groups is 1. The summed E-state index contributed by atoms with van der Waals surface area (Å²) >= 11 is 0. The number of nitrogens with zero attached hydrogens (tertiary/aromatic N) is 1. The van der Waals surface area contributed by atoms with Crippen molar-refractivity contribution in [2.75, 3.05) is 13.2 Å². The Morgan fingerprint density at radius 2 is 1.49 bits per heavy atom. The molecular weight excluding hydrogens is 590 g/mol. The van der Waals surface area contributed by atoms with Gasteiger partial charge in [0.1, 0.15) is 11.3 Å². The van der Waals surface area contributed by atoms with Crippen molar-refractivity contribution in [2.45, 2.75) is 116 Å². The van der Waals surface area contributed by atoms with Crippen LogP contribution in [0, 0.1) is 0 Å². The summed E-state index contributed by atoms with van der Waals surface area (Å²) in [5.41, 5.74) is -0.818. The molecule has 1 aliphatic rings. The van der Waals surface area contributed by atoms with Crippen LogP contribution in [0.1, 0.15) is 103 Å². The Kier molecular flexibility index (Phi) is 11.1. The second-order valence-corrected chi connectivity index (χ2v) is 14.3. The van der Waals surface area contributed by atoms with Crippen LogP contribution >= 0.6 is 0 Å². The maximum atomic E-state index is 13.0. The molecule has 7 heteroatoms. The van der Waals surface area contributed by atoms with Crippen molar-refractivity contribution < 1.29 is 28.9 Å². The van der Waals surface area contributed by atoms with Crippen LogP contribution in [0.2, 0.25) is 0 Å². The number of hydrogen-bond acceptors (Lipinski definition) is 6. The molecule has 1 amide bonds. The SMILES string of the molecule is CC(C)(C)OC(=O)N1[C@H]([C@H](O)/C=C/CCCCCCCCCCOC(=O)c2ccc3ccc4cccc5ccc2c3c45)COC1(C)C. The minimum absolute atomic E-state index is 0.245. The predicted molar refractivity (Wildman–Crippen MR) is 189 cm³/mol. The van der Waals surface area contributed by atoms with Crippen molar-refractivity contribution in [2.24, 2.45) is 0 Å². The molecule has 0 aromatic heterocycles. The summed E-state index contributed by atoms with van der Waals surface area (Å²) < 4.78 is 17.1. The standard InChI is InChI=1S/C40H51NO6/c1-39(2,3)47-38(44)41-33(27-46-40(41,4)5)34(42)19-14-12-10-8-6-7-9-11-13-15-26-45-37(43)32-25-23-30-21-20-28-17-16-18-29-22-24-31(32)36(30)35(28)29/h14,16-25,33-34,42H,6-13,15,26-27H2,1-5H3/b19-14+/t33-,34+/m0/s1. The maximum Gasteiger partial charge on any atom is 0.413 e. The number of carbonyl (C=O) groups is 2. The zero-order chi connectivity index (χ0) is 33.6. The van der Waals surface area contributed by atoms with Crippen molar-refractivity contribution >= 4 is 44.4 Å². The van der Waals surface area contributed by atoms with Crippen LogP contribution in [0.3, 0.4) is 0 Å². The summed E-state index contributed by atoms with van der Waals surface area (Å²) in [6.07, 6.45) is 12.2. The minimum Gasteiger partial charge on any atom is -0.462 e. The van der Waals surface area contributed by atoms with Crippen LogP contribution in [-0.2, 0) is 14.2 Å². The van der Waals surface area contributed by atoms with Crippen molar-refractivity contribution in [3.8, 4) is 0 Å². The van der Waals surface area contributed by atoms with Gasteiger partial charge in [-0.05, 0) is 92.3 Å². The monoisotopic (exact) mass is 641 g/mol. The third kappa shape index (κ3) is 8.43. The Hall–Kier alpha value is -3.68. The van der Waals surface area contributed by atoms with E-state index in [0.717, 1.165) is 54.7 Å². The summed E-state index contributed by atoms with van der Waals surface area (Å²) in [5.74, 6) is -0.245. The molecule has 0 radical (unpaired) electrons. The molecule has 0 aliphatic carbocycles. The molecule has 47 heavy (non-hydrogen) atoms. The first-order chi connectivity index (χ1) is 22.5. The minimum atomic E-state index is -0.835. The van der Waals surface area contributed by atoms with E-state index in [4.69, 9.17) is 14.2 Å². The molecule has 0 bridgehead atoms. The van der Waals surface area contributed by atoms with E-state index in [1.807, 2.05) is 58.9 Å². The summed E-state index contributed by atoms with van der Waals surface area (Å²) in [4.78, 5) is 27.3. The van der Waals surface area contributed by atoms with Crippen LogP contribution in [0.4, 0.5) is 4.79 Å². The molecule has 1 aliphatic heterocycles. The van der Waals surface area contributed by atoms with Gasteiger partial charge in [0, 0.05) is 0 Å². The number of amides is 1. The van der Waals surface area contributed by atoms with Crippen LogP contribution in [0.5, 0.6) is 0 Å². The van der Waals surface area contributed by atoms with Gasteiger partial charge in [-0.15, -0.1) is 0 Å². The molecule has 1 fully saturated rings. The Balaban J connectivity index is 0.944. The van der Waals surface area contributed by atoms with E-state index in [9.17, 15) is 14.7 Å². The summed E-state index contributed by atoms with van der Waals surface area (Å²) in [6, 6.07) is 18.2. The normalized spacial score (nSPS) is 17.3. The Labute approximate surface area is 279 Å². The quantitative estimate of drug-likeness (QED) is 0.0639. The molecule has 1 saturated heterocycles. The molecule has 7 nitrogen and oxygen atoms in total. The second kappa shape index (κ2) is 15.0. The first kappa shape index (κ1) is 34.6. The Morgan fingerprint density at radius 3 is 2.17 bits per heavy atom. The van der Waals surface area contributed by atoms with E-state index in [1.54, 1.807) is 6.08 Å². The fourth-order valence-electron chi connectivity index (χ4n) is 6.70. The lowest BCUT2D eigenvalue weighted by Gasteiger charge is -2.36. The first-order valence-electron chi connectivity index (χ1n) is 17.3. The van der Waals surface area contributed by atoms with Gasteiger partial charge < -0.3 is 19.3 Å². The molecule has 252 valence electrons. The lowest BCUT2D eigenvalue weighted by molar-refractivity contribution is -0.0661. The van der Waals surface area contributed by atoms with Crippen LogP contribution in [0.15, 0.2) is 66.7 Å². The highest BCUT2D eigenvalue weighted by Crippen LogP contribution is 2.36. The summed E-state index contributed by atoms with van der Waals surface area (Å²) in [5, 5.41) is 17.6. The van der Waals surface area contributed by atoms with E-state index < -0.39 is 29.6 Å². The van der Waals surface area contributed by atoms with Gasteiger partial charge in [-0.25, -0.2) is 9.59 Å². The number of carbonyl (C=O) groups excluding carboxylic acids is 2. The number of aliphatic hydroxyl groups excluding tert-OH is 1. The fourth-order valence-corrected chi connectivity index (χ4v) is 6.70. The van der Waals surface area contributed by atoms with Gasteiger partial charge in [-0.1, -0.05) is 99.2 Å². The molecule has 0 spiro atoms. The van der Waals surface area contributed by atoms with E-state index in [-0.39, 0.29) is 12.6 Å². The average Bonchev–Trinajstić information content (AvgIpc) is 3.36.